The Bertz CT molecular complexity index is 2920. The van der Waals surface area contributed by atoms with Gasteiger partial charge in [-0.05, 0) is 140 Å². The van der Waals surface area contributed by atoms with E-state index in [4.69, 9.17) is 20.2 Å². The van der Waals surface area contributed by atoms with E-state index in [1.54, 1.807) is 18.9 Å². The topological polar surface area (TPSA) is 366 Å². The maximum Gasteiger partial charge on any atom is 0.310 e. The molecular formula is C66H103N9O13. The van der Waals surface area contributed by atoms with Crippen LogP contribution < -0.4 is 27.0 Å². The second-order valence-electron chi connectivity index (χ2n) is 31.0. The van der Waals surface area contributed by atoms with Crippen molar-refractivity contribution in [2.45, 2.75) is 186 Å². The van der Waals surface area contributed by atoms with Crippen molar-refractivity contribution in [1.29, 1.82) is 0 Å². The Morgan fingerprint density at radius 2 is 1.65 bits per heavy atom. The first-order valence-corrected chi connectivity index (χ1v) is 33.2. The van der Waals surface area contributed by atoms with Gasteiger partial charge in [0.25, 0.3) is 0 Å². The predicted molar refractivity (Wildman–Crippen MR) is 325 cm³/mol. The lowest BCUT2D eigenvalue weighted by atomic mass is 9.28. The van der Waals surface area contributed by atoms with Crippen LogP contribution >= 0.6 is 0 Å². The highest BCUT2D eigenvalue weighted by Crippen LogP contribution is 2.80. The van der Waals surface area contributed by atoms with Gasteiger partial charge in [0.05, 0.1) is 72.2 Å². The van der Waals surface area contributed by atoms with Gasteiger partial charge in [-0.2, -0.15) is 0 Å². The van der Waals surface area contributed by atoms with Crippen molar-refractivity contribution in [3.63, 3.8) is 0 Å². The van der Waals surface area contributed by atoms with Crippen LogP contribution in [0.15, 0.2) is 42.7 Å². The number of amides is 1. The number of carboxylic acid groups (broad SMARTS) is 1. The minimum Gasteiger partial charge on any atom is -0.481 e. The summed E-state index contributed by atoms with van der Waals surface area (Å²) in [4.78, 5) is 46.3. The number of ether oxygens (including phenoxy) is 2. The largest absolute Gasteiger partial charge is 0.481 e. The molecule has 5 saturated carbocycles. The third kappa shape index (κ3) is 9.22. The summed E-state index contributed by atoms with van der Waals surface area (Å²) in [6.45, 7) is 17.1. The molecule has 88 heavy (non-hydrogen) atoms. The number of rotatable bonds is 18. The van der Waals surface area contributed by atoms with Crippen molar-refractivity contribution in [2.24, 2.45) is 103 Å². The number of allylic oxidation sites excluding steroid dienone is 3. The zero-order valence-corrected chi connectivity index (χ0v) is 52.7. The molecule has 1 spiro atoms. The number of carbonyl (C=O) groups is 2. The van der Waals surface area contributed by atoms with Gasteiger partial charge in [0, 0.05) is 61.9 Å². The van der Waals surface area contributed by atoms with Gasteiger partial charge >= 0.3 is 5.97 Å². The molecule has 7 fully saturated rings. The van der Waals surface area contributed by atoms with E-state index in [0.29, 0.717) is 94.9 Å². The molecule has 5 heterocycles. The Kier molecular flexibility index (Phi) is 17.0. The molecule has 2 aromatic rings. The number of imidazole rings is 2. The molecule has 1 amide bonds. The lowest BCUT2D eigenvalue weighted by Crippen LogP contribution is -2.75. The molecule has 17 N–H and O–H groups in total. The van der Waals surface area contributed by atoms with E-state index in [0.717, 1.165) is 37.1 Å². The number of anilines is 1. The number of carboxylic acids is 1. The summed E-state index contributed by atoms with van der Waals surface area (Å²) < 4.78 is 13.0. The van der Waals surface area contributed by atoms with E-state index in [1.165, 1.54) is 0 Å². The fourth-order valence-corrected chi connectivity index (χ4v) is 22.2. The molecule has 22 nitrogen and oxygen atoms in total. The molecule has 3 aliphatic heterocycles. The lowest BCUT2D eigenvalue weighted by Gasteiger charge is -2.76. The van der Waals surface area contributed by atoms with Crippen molar-refractivity contribution in [3.05, 3.63) is 54.0 Å². The minimum absolute atomic E-state index is 0.0793. The fourth-order valence-electron chi connectivity index (χ4n) is 22.2. The van der Waals surface area contributed by atoms with Crippen LogP contribution in [0.2, 0.25) is 0 Å². The van der Waals surface area contributed by atoms with Crippen molar-refractivity contribution < 1.29 is 65.0 Å². The third-order valence-corrected chi connectivity index (χ3v) is 26.9. The standard InChI is InChI=1S/C66H103N9O13/c1-34(2)14-21-68-22-23-69-26-36(54(67)83)52(82)66(45-28-70-32-73-45)18-12-35(47-51(66)75-57(84)64(47)15-8-9-16-64)46-49(80)53(88-56-50(81)48(79)42(78)29-87-56)60(4,31-77)43-13-17-61(5)44(62(43,46)6)11-10-37-39-25-59(3,30-76)19-20-65(39,58(85)86)40-27-71-55-41(72-33-74-55)24-38(40)63(37,61)7/h10,12,18,28,32-36,38-40,42-44,46-54,56,68-69,71,76-83H,8-9,11,13-17,19-27,29-31,67H2,1-7H3,(H,70,73)(H,72,74)(H,75,84)(H,85,86). The summed E-state index contributed by atoms with van der Waals surface area (Å²) in [7, 11) is 0. The van der Waals surface area contributed by atoms with E-state index < -0.39 is 147 Å². The Labute approximate surface area is 517 Å². The number of nitrogens with one attached hydrogen (secondary N) is 6. The molecule has 25 atom stereocenters. The smallest absolute Gasteiger partial charge is 0.310 e. The molecule has 0 bridgehead atoms. The number of nitrogens with two attached hydrogens (primary N) is 1. The number of aromatic nitrogens is 4. The lowest BCUT2D eigenvalue weighted by molar-refractivity contribution is -0.344. The average molecular weight is 1230 g/mol. The summed E-state index contributed by atoms with van der Waals surface area (Å²) in [6.07, 6.45) is 6.66. The summed E-state index contributed by atoms with van der Waals surface area (Å²) >= 11 is 0. The number of hydrogen-bond donors (Lipinski definition) is 16. The van der Waals surface area contributed by atoms with Crippen LogP contribution in [0.3, 0.4) is 0 Å². The van der Waals surface area contributed by atoms with Gasteiger partial charge in [0.1, 0.15) is 30.4 Å². The number of hydrogen-bond acceptors (Lipinski definition) is 18. The summed E-state index contributed by atoms with van der Waals surface area (Å²) in [6, 6.07) is -0.856. The fraction of sp³-hybridized carbons (Fsp3) is 0.818. The quantitative estimate of drug-likeness (QED) is 0.0441. The molecule has 25 unspecified atom stereocenters. The molecule has 7 aliphatic carbocycles. The van der Waals surface area contributed by atoms with Crippen LogP contribution in [0.1, 0.15) is 130 Å². The number of H-pyrrole nitrogens is 2. The molecule has 0 radical (unpaired) electrons. The molecule has 10 aliphatic rings. The number of fused-ring (bicyclic) bond motifs is 13. The highest BCUT2D eigenvalue weighted by molar-refractivity contribution is 5.87. The van der Waals surface area contributed by atoms with Crippen molar-refractivity contribution >= 4 is 17.7 Å². The van der Waals surface area contributed by atoms with Crippen LogP contribution in [0.5, 0.6) is 0 Å². The van der Waals surface area contributed by atoms with Gasteiger partial charge in [0.15, 0.2) is 6.29 Å². The third-order valence-electron chi connectivity index (χ3n) is 26.9. The first kappa shape index (κ1) is 64.2. The maximum absolute atomic E-state index is 15.7. The Morgan fingerprint density at radius 3 is 2.33 bits per heavy atom. The number of aliphatic hydroxyl groups is 8. The zero-order chi connectivity index (χ0) is 62.9. The molecule has 2 aromatic heterocycles. The molecule has 2 saturated heterocycles. The van der Waals surface area contributed by atoms with Gasteiger partial charge in [-0.3, -0.25) is 9.59 Å². The van der Waals surface area contributed by atoms with Gasteiger partial charge in [-0.15, -0.1) is 0 Å². The first-order chi connectivity index (χ1) is 41.8. The second-order valence-corrected chi connectivity index (χ2v) is 31.0. The Hall–Kier alpha value is -3.88. The Balaban J connectivity index is 1.05. The SMILES string of the molecule is CC(C)CCNCCNCC(C(N)O)C(O)C1(c2cnc[nH]2)C=CC(C2C(O)C(OC3OCC(O)C(O)C3O)C(C)(CO)C3CCC4(C)C(CC=C5C6CC(C)(CO)CCC6(C(=O)O)C6CNc7nc[nH]c7CC6C54C)C23C)C2C1NC(=O)C21CCCC1. The highest BCUT2D eigenvalue weighted by Gasteiger charge is 2.79. The summed E-state index contributed by atoms with van der Waals surface area (Å²) in [5.41, 5.74) is 1.40. The van der Waals surface area contributed by atoms with Crippen molar-refractivity contribution in [1.82, 2.24) is 35.9 Å². The van der Waals surface area contributed by atoms with Gasteiger partial charge in [-0.1, -0.05) is 85.1 Å². The Morgan fingerprint density at radius 1 is 0.898 bits per heavy atom. The number of aromatic amines is 2. The van der Waals surface area contributed by atoms with Gasteiger partial charge in [0.2, 0.25) is 5.91 Å². The normalized spacial score (nSPS) is 45.9. The van der Waals surface area contributed by atoms with Gasteiger partial charge in [-0.25, -0.2) is 9.97 Å². The molecular weight excluding hydrogens is 1130 g/mol. The minimum atomic E-state index is -1.72. The van der Waals surface area contributed by atoms with Crippen molar-refractivity contribution in [3.8, 4) is 0 Å². The van der Waals surface area contributed by atoms with Gasteiger partial charge < -0.3 is 92.4 Å². The summed E-state index contributed by atoms with van der Waals surface area (Å²) in [5, 5.41) is 122. The van der Waals surface area contributed by atoms with E-state index in [9.17, 15) is 50.8 Å². The molecule has 0 aromatic carbocycles. The summed E-state index contributed by atoms with van der Waals surface area (Å²) in [5.74, 6) is -4.49. The molecule has 22 heteroatoms. The van der Waals surface area contributed by atoms with Crippen LogP contribution in [0.25, 0.3) is 0 Å². The van der Waals surface area contributed by atoms with E-state index in [1.807, 2.05) is 13.0 Å². The van der Waals surface area contributed by atoms with Crippen LogP contribution in [0, 0.1) is 97.1 Å². The monoisotopic (exact) mass is 1230 g/mol. The van der Waals surface area contributed by atoms with Crippen LogP contribution in [-0.2, 0) is 30.9 Å². The average Bonchev–Trinajstić information content (AvgIpc) is 0.774. The number of aliphatic hydroxyl groups excluding tert-OH is 8. The molecule has 490 valence electrons. The number of nitrogens with zero attached hydrogens (tertiary/aromatic N) is 2. The van der Waals surface area contributed by atoms with Crippen LogP contribution in [0.4, 0.5) is 5.82 Å². The predicted octanol–water partition coefficient (Wildman–Crippen LogP) is 2.68. The number of aliphatic carboxylic acids is 1. The first-order valence-electron chi connectivity index (χ1n) is 33.2. The number of carbonyl (C=O) groups excluding carboxylic acids is 1. The van der Waals surface area contributed by atoms with Crippen LogP contribution in [-0.4, -0.2) is 185 Å². The highest BCUT2D eigenvalue weighted by atomic mass is 16.7. The second kappa shape index (κ2) is 23.3. The van der Waals surface area contributed by atoms with Crippen molar-refractivity contribution in [2.75, 3.05) is 57.9 Å². The van der Waals surface area contributed by atoms with E-state index >= 15 is 4.79 Å². The molecule has 12 rings (SSSR count). The van der Waals surface area contributed by atoms with E-state index in [-0.39, 0.29) is 43.4 Å². The van der Waals surface area contributed by atoms with E-state index in [2.05, 4.69) is 89.9 Å². The maximum atomic E-state index is 15.7. The zero-order valence-electron chi connectivity index (χ0n) is 52.7.